The van der Waals surface area contributed by atoms with Crippen LogP contribution in [0.25, 0.3) is 10.9 Å². The van der Waals surface area contributed by atoms with Crippen LogP contribution >= 0.6 is 11.6 Å². The van der Waals surface area contributed by atoms with Gasteiger partial charge in [-0.05, 0) is 30.5 Å². The van der Waals surface area contributed by atoms with E-state index in [2.05, 4.69) is 20.3 Å². The molecule has 2 aromatic heterocycles. The van der Waals surface area contributed by atoms with Gasteiger partial charge in [0.1, 0.15) is 5.69 Å². The maximum Gasteiger partial charge on any atom is 0.223 e. The molecule has 1 saturated carbocycles. The zero-order valence-electron chi connectivity index (χ0n) is 13.5. The summed E-state index contributed by atoms with van der Waals surface area (Å²) < 4.78 is 0. The van der Waals surface area contributed by atoms with Crippen molar-refractivity contribution >= 4 is 28.4 Å². The van der Waals surface area contributed by atoms with Gasteiger partial charge in [-0.2, -0.15) is 0 Å². The molecule has 0 bridgehead atoms. The molecular formula is C19H17ClN4O. The number of fused-ring (bicyclic) bond motifs is 1. The highest BCUT2D eigenvalue weighted by molar-refractivity contribution is 6.30. The number of hydrogen-bond donors (Lipinski definition) is 1. The predicted molar refractivity (Wildman–Crippen MR) is 96.1 cm³/mol. The highest BCUT2D eigenvalue weighted by Crippen LogP contribution is 2.31. The third-order valence-corrected chi connectivity index (χ3v) is 4.97. The van der Waals surface area contributed by atoms with E-state index in [9.17, 15) is 4.79 Å². The number of rotatable bonds is 4. The minimum atomic E-state index is -0.444. The summed E-state index contributed by atoms with van der Waals surface area (Å²) in [6.07, 6.45) is 7.86. The normalized spacial score (nSPS) is 15.6. The first-order valence-electron chi connectivity index (χ1n) is 8.34. The van der Waals surface area contributed by atoms with Crippen molar-refractivity contribution in [3.63, 3.8) is 0 Å². The highest BCUT2D eigenvalue weighted by Gasteiger charge is 2.29. The lowest BCUT2D eigenvalue weighted by Crippen LogP contribution is -2.37. The number of aromatic nitrogens is 3. The van der Waals surface area contributed by atoms with E-state index in [0.29, 0.717) is 10.8 Å². The van der Waals surface area contributed by atoms with Gasteiger partial charge in [-0.1, -0.05) is 36.2 Å². The highest BCUT2D eigenvalue weighted by atomic mass is 35.5. The number of nitrogens with zero attached hydrogens (tertiary/aromatic N) is 3. The molecule has 1 unspecified atom stereocenters. The molecule has 3 aromatic rings. The zero-order chi connectivity index (χ0) is 17.2. The molecule has 1 aliphatic carbocycles. The fourth-order valence-electron chi connectivity index (χ4n) is 3.03. The molecule has 25 heavy (non-hydrogen) atoms. The van der Waals surface area contributed by atoms with E-state index in [-0.39, 0.29) is 11.8 Å². The first-order valence-corrected chi connectivity index (χ1v) is 8.71. The van der Waals surface area contributed by atoms with Crippen LogP contribution in [0.2, 0.25) is 5.15 Å². The first-order chi connectivity index (χ1) is 12.2. The second-order valence-corrected chi connectivity index (χ2v) is 6.62. The van der Waals surface area contributed by atoms with E-state index in [0.717, 1.165) is 35.7 Å². The fraction of sp³-hybridized carbons (Fsp3) is 0.263. The number of nitrogens with one attached hydrogen (secondary N) is 1. The van der Waals surface area contributed by atoms with Gasteiger partial charge in [0.2, 0.25) is 5.91 Å². The molecule has 2 heterocycles. The summed E-state index contributed by atoms with van der Waals surface area (Å²) in [5, 5.41) is 4.44. The maximum atomic E-state index is 12.5. The Morgan fingerprint density at radius 3 is 2.72 bits per heavy atom. The first kappa shape index (κ1) is 16.0. The molecular weight excluding hydrogens is 336 g/mol. The van der Waals surface area contributed by atoms with E-state index in [4.69, 9.17) is 11.6 Å². The van der Waals surface area contributed by atoms with Gasteiger partial charge in [0, 0.05) is 29.9 Å². The lowest BCUT2D eigenvalue weighted by Gasteiger charge is -2.27. The van der Waals surface area contributed by atoms with Gasteiger partial charge in [-0.15, -0.1) is 0 Å². The van der Waals surface area contributed by atoms with Gasteiger partial charge in [-0.3, -0.25) is 14.8 Å². The van der Waals surface area contributed by atoms with Crippen LogP contribution in [0.3, 0.4) is 0 Å². The number of pyridine rings is 1. The molecule has 1 fully saturated rings. The standard InChI is InChI=1S/C19H17ClN4O/c20-18-17(22-9-10-23-18)16(24-19(25)13-3-1-4-13)14-7-6-12-5-2-8-21-15(12)11-14/h2,5-11,13,16H,1,3-4H2,(H,24,25). The van der Waals surface area contributed by atoms with Crippen molar-refractivity contribution in [2.75, 3.05) is 0 Å². The molecule has 1 aromatic carbocycles. The van der Waals surface area contributed by atoms with Crippen LogP contribution in [0.1, 0.15) is 36.6 Å². The maximum absolute atomic E-state index is 12.5. The van der Waals surface area contributed by atoms with E-state index in [1.807, 2.05) is 30.3 Å². The van der Waals surface area contributed by atoms with Crippen molar-refractivity contribution in [3.8, 4) is 0 Å². The lowest BCUT2D eigenvalue weighted by atomic mass is 9.84. The third kappa shape index (κ3) is 3.20. The summed E-state index contributed by atoms with van der Waals surface area (Å²) in [5.74, 6) is 0.121. The molecule has 0 aliphatic heterocycles. The van der Waals surface area contributed by atoms with Crippen molar-refractivity contribution in [1.29, 1.82) is 0 Å². The Balaban J connectivity index is 1.75. The molecule has 5 nitrogen and oxygen atoms in total. The van der Waals surface area contributed by atoms with Gasteiger partial charge in [0.25, 0.3) is 0 Å². The van der Waals surface area contributed by atoms with E-state index in [1.54, 1.807) is 18.6 Å². The summed E-state index contributed by atoms with van der Waals surface area (Å²) in [6, 6.07) is 9.39. The number of hydrogen-bond acceptors (Lipinski definition) is 4. The van der Waals surface area contributed by atoms with Crippen LogP contribution < -0.4 is 5.32 Å². The van der Waals surface area contributed by atoms with Crippen molar-refractivity contribution < 1.29 is 4.79 Å². The summed E-state index contributed by atoms with van der Waals surface area (Å²) in [7, 11) is 0. The van der Waals surface area contributed by atoms with Gasteiger partial charge in [-0.25, -0.2) is 4.98 Å². The van der Waals surface area contributed by atoms with E-state index >= 15 is 0 Å². The Bertz CT molecular complexity index is 926. The molecule has 1 N–H and O–H groups in total. The van der Waals surface area contributed by atoms with Gasteiger partial charge < -0.3 is 5.32 Å². The smallest absolute Gasteiger partial charge is 0.223 e. The summed E-state index contributed by atoms with van der Waals surface area (Å²) in [6.45, 7) is 0. The quantitative estimate of drug-likeness (QED) is 0.777. The minimum Gasteiger partial charge on any atom is -0.343 e. The average molecular weight is 353 g/mol. The molecule has 0 spiro atoms. The number of carbonyl (C=O) groups is 1. The van der Waals surface area contributed by atoms with Crippen LogP contribution in [0.15, 0.2) is 48.9 Å². The molecule has 126 valence electrons. The molecule has 0 saturated heterocycles. The number of carbonyl (C=O) groups excluding carboxylic acids is 1. The summed E-state index contributed by atoms with van der Waals surface area (Å²) >= 11 is 6.26. The Kier molecular flexibility index (Phi) is 4.32. The van der Waals surface area contributed by atoms with Crippen molar-refractivity contribution in [2.24, 2.45) is 5.92 Å². The largest absolute Gasteiger partial charge is 0.343 e. The monoisotopic (exact) mass is 352 g/mol. The van der Waals surface area contributed by atoms with Crippen molar-refractivity contribution in [2.45, 2.75) is 25.3 Å². The number of benzene rings is 1. The Morgan fingerprint density at radius 2 is 1.96 bits per heavy atom. The van der Waals surface area contributed by atoms with Crippen LogP contribution in [0.5, 0.6) is 0 Å². The zero-order valence-corrected chi connectivity index (χ0v) is 14.3. The van der Waals surface area contributed by atoms with Gasteiger partial charge >= 0.3 is 0 Å². The Morgan fingerprint density at radius 1 is 1.12 bits per heavy atom. The summed E-state index contributed by atoms with van der Waals surface area (Å²) in [4.78, 5) is 25.4. The summed E-state index contributed by atoms with van der Waals surface area (Å²) in [5.41, 5.74) is 2.30. The van der Waals surface area contributed by atoms with Crippen molar-refractivity contribution in [3.05, 3.63) is 65.3 Å². The Hall–Kier alpha value is -2.53. The van der Waals surface area contributed by atoms with Crippen LogP contribution in [-0.4, -0.2) is 20.9 Å². The van der Waals surface area contributed by atoms with E-state index in [1.165, 1.54) is 0 Å². The molecule has 0 radical (unpaired) electrons. The second kappa shape index (κ2) is 6.76. The van der Waals surface area contributed by atoms with Crippen LogP contribution in [0.4, 0.5) is 0 Å². The van der Waals surface area contributed by atoms with E-state index < -0.39 is 6.04 Å². The number of halogens is 1. The lowest BCUT2D eigenvalue weighted by molar-refractivity contribution is -0.127. The van der Waals surface area contributed by atoms with Crippen LogP contribution in [-0.2, 0) is 4.79 Å². The topological polar surface area (TPSA) is 67.8 Å². The van der Waals surface area contributed by atoms with Gasteiger partial charge in [0.05, 0.1) is 11.6 Å². The molecule has 4 rings (SSSR count). The molecule has 1 amide bonds. The third-order valence-electron chi connectivity index (χ3n) is 4.68. The molecule has 1 aliphatic rings. The SMILES string of the molecule is O=C(NC(c1ccc2cccnc2c1)c1nccnc1Cl)C1CCC1. The Labute approximate surface area is 150 Å². The average Bonchev–Trinajstić information content (AvgIpc) is 2.58. The van der Waals surface area contributed by atoms with Gasteiger partial charge in [0.15, 0.2) is 5.15 Å². The van der Waals surface area contributed by atoms with Crippen LogP contribution in [0, 0.1) is 5.92 Å². The minimum absolute atomic E-state index is 0.0408. The fourth-order valence-corrected chi connectivity index (χ4v) is 3.24. The van der Waals surface area contributed by atoms with Crippen molar-refractivity contribution in [1.82, 2.24) is 20.3 Å². The predicted octanol–water partition coefficient (Wildman–Crippen LogP) is 3.68. The second-order valence-electron chi connectivity index (χ2n) is 6.26. The molecule has 1 atom stereocenters. The number of amides is 1. The molecule has 6 heteroatoms.